The molecule has 0 atom stereocenters. The van der Waals surface area contributed by atoms with Gasteiger partial charge in [-0.3, -0.25) is 14.3 Å². The fourth-order valence-corrected chi connectivity index (χ4v) is 3.50. The number of rotatable bonds is 10. The van der Waals surface area contributed by atoms with Crippen molar-refractivity contribution < 1.29 is 27.2 Å². The van der Waals surface area contributed by atoms with E-state index in [2.05, 4.69) is 15.0 Å². The van der Waals surface area contributed by atoms with Gasteiger partial charge in [0.05, 0.1) is 17.8 Å². The number of ketones is 1. The summed E-state index contributed by atoms with van der Waals surface area (Å²) < 4.78 is 39.2. The third-order valence-electron chi connectivity index (χ3n) is 4.85. The fraction of sp³-hybridized carbons (Fsp3) is 0.261. The highest BCUT2D eigenvalue weighted by molar-refractivity contribution is 7.90. The topological polar surface area (TPSA) is 131 Å². The summed E-state index contributed by atoms with van der Waals surface area (Å²) >= 11 is 0. The van der Waals surface area contributed by atoms with E-state index >= 15 is 0 Å². The molecule has 0 aliphatic carbocycles. The highest BCUT2D eigenvalue weighted by Gasteiger charge is 2.19. The number of aromatic nitrogens is 1. The van der Waals surface area contributed by atoms with Gasteiger partial charge in [0, 0.05) is 19.7 Å². The van der Waals surface area contributed by atoms with Crippen molar-refractivity contribution in [2.24, 2.45) is 0 Å². The van der Waals surface area contributed by atoms with Crippen molar-refractivity contribution in [3.05, 3.63) is 65.5 Å². The zero-order chi connectivity index (χ0) is 24.9. The summed E-state index contributed by atoms with van der Waals surface area (Å²) in [7, 11) is -0.871. The van der Waals surface area contributed by atoms with Crippen molar-refractivity contribution in [2.45, 2.75) is 20.4 Å². The minimum absolute atomic E-state index is 0.0515. The second kappa shape index (κ2) is 10.5. The van der Waals surface area contributed by atoms with Crippen LogP contribution in [0.5, 0.6) is 5.75 Å². The summed E-state index contributed by atoms with van der Waals surface area (Å²) in [6.45, 7) is 3.07. The Bertz CT molecular complexity index is 1280. The molecule has 3 aromatic rings. The Balaban J connectivity index is 1.63. The summed E-state index contributed by atoms with van der Waals surface area (Å²) in [4.78, 5) is 27.9. The van der Waals surface area contributed by atoms with Gasteiger partial charge in [0.25, 0.3) is 5.91 Å². The number of benzene rings is 2. The van der Waals surface area contributed by atoms with Gasteiger partial charge in [-0.15, -0.1) is 0 Å². The number of ether oxygens (including phenoxy) is 1. The zero-order valence-corrected chi connectivity index (χ0v) is 20.1. The molecule has 0 radical (unpaired) electrons. The Morgan fingerprint density at radius 2 is 1.76 bits per heavy atom. The predicted molar refractivity (Wildman–Crippen MR) is 127 cm³/mol. The van der Waals surface area contributed by atoms with E-state index < -0.39 is 10.2 Å². The van der Waals surface area contributed by atoms with E-state index in [-0.39, 0.29) is 30.7 Å². The molecule has 11 heteroatoms. The molecule has 1 amide bonds. The van der Waals surface area contributed by atoms with Gasteiger partial charge in [0.2, 0.25) is 5.89 Å². The second-order valence-electron chi connectivity index (χ2n) is 7.60. The summed E-state index contributed by atoms with van der Waals surface area (Å²) in [5.41, 5.74) is 1.84. The number of aryl methyl sites for hydroxylation is 1. The molecule has 1 aromatic heterocycles. The number of carbonyl (C=O) groups excluding carboxylic acids is 2. The number of anilines is 1. The zero-order valence-electron chi connectivity index (χ0n) is 19.3. The van der Waals surface area contributed by atoms with Crippen LogP contribution in [0.2, 0.25) is 0 Å². The number of hydrogen-bond acceptors (Lipinski definition) is 7. The van der Waals surface area contributed by atoms with Crippen LogP contribution in [-0.4, -0.2) is 50.1 Å². The average Bonchev–Trinajstić information content (AvgIpc) is 3.16. The number of nitrogens with zero attached hydrogens (tertiary/aromatic N) is 2. The Morgan fingerprint density at radius 1 is 1.09 bits per heavy atom. The van der Waals surface area contributed by atoms with Gasteiger partial charge >= 0.3 is 10.2 Å². The Morgan fingerprint density at radius 3 is 2.41 bits per heavy atom. The molecule has 0 bridgehead atoms. The Kier molecular flexibility index (Phi) is 7.69. The number of oxazole rings is 1. The minimum atomic E-state index is -3.72. The molecule has 2 N–H and O–H groups in total. The van der Waals surface area contributed by atoms with E-state index in [0.717, 1.165) is 4.31 Å². The number of para-hydroxylation sites is 1. The minimum Gasteiger partial charge on any atom is -0.484 e. The van der Waals surface area contributed by atoms with Crippen LogP contribution in [0.4, 0.5) is 5.69 Å². The summed E-state index contributed by atoms with van der Waals surface area (Å²) in [5, 5.41) is 2.71. The average molecular weight is 487 g/mol. The van der Waals surface area contributed by atoms with E-state index in [1.165, 1.54) is 21.0 Å². The maximum absolute atomic E-state index is 12.2. The van der Waals surface area contributed by atoms with Crippen molar-refractivity contribution in [1.29, 1.82) is 0 Å². The van der Waals surface area contributed by atoms with E-state index in [1.54, 1.807) is 55.5 Å². The number of carbonyl (C=O) groups is 2. The smallest absolute Gasteiger partial charge is 0.301 e. The van der Waals surface area contributed by atoms with Crippen LogP contribution in [0, 0.1) is 6.92 Å². The van der Waals surface area contributed by atoms with Crippen LogP contribution in [0.15, 0.2) is 52.9 Å². The number of amides is 1. The molecule has 3 rings (SSSR count). The lowest BCUT2D eigenvalue weighted by Crippen LogP contribution is -2.29. The van der Waals surface area contributed by atoms with Gasteiger partial charge in [-0.1, -0.05) is 12.1 Å². The van der Waals surface area contributed by atoms with Gasteiger partial charge in [0.15, 0.2) is 12.4 Å². The van der Waals surface area contributed by atoms with Crippen LogP contribution in [0.25, 0.3) is 11.5 Å². The van der Waals surface area contributed by atoms with E-state index in [4.69, 9.17) is 9.15 Å². The van der Waals surface area contributed by atoms with Crippen LogP contribution in [0.3, 0.4) is 0 Å². The summed E-state index contributed by atoms with van der Waals surface area (Å²) in [6.07, 6.45) is 0. The van der Waals surface area contributed by atoms with Crippen LogP contribution < -0.4 is 14.8 Å². The summed E-state index contributed by atoms with van der Waals surface area (Å²) in [6, 6.07) is 13.2. The van der Waals surface area contributed by atoms with Crippen LogP contribution in [0.1, 0.15) is 28.7 Å². The maximum Gasteiger partial charge on any atom is 0.301 e. The largest absolute Gasteiger partial charge is 0.484 e. The monoisotopic (exact) mass is 486 g/mol. The molecule has 2 aromatic carbocycles. The first-order chi connectivity index (χ1) is 16.1. The van der Waals surface area contributed by atoms with Crippen LogP contribution >= 0.6 is 0 Å². The fourth-order valence-electron chi connectivity index (χ4n) is 2.86. The first kappa shape index (κ1) is 24.9. The Hall–Kier alpha value is -3.70. The molecule has 34 heavy (non-hydrogen) atoms. The van der Waals surface area contributed by atoms with E-state index in [1.807, 2.05) is 0 Å². The highest BCUT2D eigenvalue weighted by atomic mass is 32.2. The molecule has 0 unspecified atom stereocenters. The highest BCUT2D eigenvalue weighted by Crippen LogP contribution is 2.29. The molecule has 1 heterocycles. The quantitative estimate of drug-likeness (QED) is 0.421. The Labute approximate surface area is 198 Å². The lowest BCUT2D eigenvalue weighted by Gasteiger charge is -2.15. The number of nitrogens with one attached hydrogen (secondary N) is 2. The van der Waals surface area contributed by atoms with Crippen molar-refractivity contribution in [1.82, 2.24) is 14.6 Å². The van der Waals surface area contributed by atoms with Gasteiger partial charge in [-0.2, -0.15) is 12.7 Å². The molecule has 0 fully saturated rings. The van der Waals surface area contributed by atoms with Crippen LogP contribution in [-0.2, 0) is 21.5 Å². The molecule has 0 spiro atoms. The van der Waals surface area contributed by atoms with E-state index in [9.17, 15) is 18.0 Å². The first-order valence-electron chi connectivity index (χ1n) is 10.3. The molecule has 10 nitrogen and oxygen atoms in total. The number of Topliss-reactive ketones (excluding diaryl/α,β-unsaturated/α-hetero) is 1. The van der Waals surface area contributed by atoms with Crippen molar-refractivity contribution in [3.8, 4) is 17.2 Å². The molecule has 0 saturated heterocycles. The van der Waals surface area contributed by atoms with E-state index in [0.29, 0.717) is 34.0 Å². The van der Waals surface area contributed by atoms with Crippen molar-refractivity contribution >= 4 is 27.6 Å². The lowest BCUT2D eigenvalue weighted by molar-refractivity contribution is -0.123. The summed E-state index contributed by atoms with van der Waals surface area (Å²) in [5.74, 6) is 0.766. The molecule has 0 saturated carbocycles. The second-order valence-corrected chi connectivity index (χ2v) is 9.49. The molecule has 0 aliphatic heterocycles. The lowest BCUT2D eigenvalue weighted by atomic mass is 10.1. The first-order valence-corrected chi connectivity index (χ1v) is 11.8. The van der Waals surface area contributed by atoms with Gasteiger partial charge < -0.3 is 14.5 Å². The third kappa shape index (κ3) is 6.21. The SMILES string of the molecule is CC(=O)c1ccc(OCC(=O)NCc2nc(-c3ccccc3NS(=O)(=O)N(C)C)oc2C)cc1. The third-order valence-corrected chi connectivity index (χ3v) is 6.29. The van der Waals surface area contributed by atoms with Gasteiger partial charge in [-0.25, -0.2) is 4.98 Å². The van der Waals surface area contributed by atoms with Crippen molar-refractivity contribution in [2.75, 3.05) is 25.4 Å². The van der Waals surface area contributed by atoms with Gasteiger partial charge in [-0.05, 0) is 50.2 Å². The maximum atomic E-state index is 12.2. The molecule has 180 valence electrons. The number of hydrogen-bond donors (Lipinski definition) is 2. The molecular formula is C23H26N4O6S. The predicted octanol–water partition coefficient (Wildman–Crippen LogP) is 2.77. The normalized spacial score (nSPS) is 11.3. The standard InChI is InChI=1S/C23H26N4O6S/c1-15(28)17-9-11-18(12-10-17)32-14-22(29)24-13-21-16(2)33-23(25-21)19-7-5-6-8-20(19)26-34(30,31)27(3)4/h5-12,26H,13-14H2,1-4H3,(H,24,29). The molecule has 0 aliphatic rings. The molecular weight excluding hydrogens is 460 g/mol. The van der Waals surface area contributed by atoms with Gasteiger partial charge in [0.1, 0.15) is 17.2 Å². The van der Waals surface area contributed by atoms with Crippen molar-refractivity contribution in [3.63, 3.8) is 0 Å².